The summed E-state index contributed by atoms with van der Waals surface area (Å²) in [5.41, 5.74) is 2.00. The highest BCUT2D eigenvalue weighted by atomic mass is 35.5. The highest BCUT2D eigenvalue weighted by molar-refractivity contribution is 7.92. The molecule has 0 bridgehead atoms. The van der Waals surface area contributed by atoms with E-state index in [9.17, 15) is 13.2 Å². The quantitative estimate of drug-likeness (QED) is 0.881. The average molecular weight is 367 g/mol. The molecule has 1 atom stereocenters. The molecular weight excluding hydrogens is 348 g/mol. The van der Waals surface area contributed by atoms with Gasteiger partial charge in [0.15, 0.2) is 0 Å². The molecule has 128 valence electrons. The predicted molar refractivity (Wildman–Crippen MR) is 98.0 cm³/mol. The average Bonchev–Trinajstić information content (AvgIpc) is 2.50. The van der Waals surface area contributed by atoms with Crippen molar-refractivity contribution in [3.05, 3.63) is 59.1 Å². The van der Waals surface area contributed by atoms with Crippen LogP contribution in [0.2, 0.25) is 5.02 Å². The fraction of sp³-hybridized carbons (Fsp3) is 0.235. The van der Waals surface area contributed by atoms with Crippen LogP contribution in [-0.2, 0) is 14.8 Å². The van der Waals surface area contributed by atoms with Crippen molar-refractivity contribution in [2.45, 2.75) is 19.9 Å². The van der Waals surface area contributed by atoms with E-state index in [1.807, 2.05) is 6.92 Å². The molecule has 0 fully saturated rings. The maximum atomic E-state index is 12.5. The van der Waals surface area contributed by atoms with E-state index in [-0.39, 0.29) is 0 Å². The minimum absolute atomic E-state index is 0.427. The number of hydrogen-bond donors (Lipinski definition) is 1. The van der Waals surface area contributed by atoms with Crippen LogP contribution >= 0.6 is 11.6 Å². The van der Waals surface area contributed by atoms with Gasteiger partial charge >= 0.3 is 0 Å². The van der Waals surface area contributed by atoms with Gasteiger partial charge in [0, 0.05) is 10.7 Å². The van der Waals surface area contributed by atoms with E-state index in [2.05, 4.69) is 5.32 Å². The van der Waals surface area contributed by atoms with Crippen molar-refractivity contribution < 1.29 is 13.2 Å². The Bertz CT molecular complexity index is 818. The lowest BCUT2D eigenvalue weighted by molar-refractivity contribution is -0.116. The van der Waals surface area contributed by atoms with Crippen LogP contribution in [-0.4, -0.2) is 26.6 Å². The topological polar surface area (TPSA) is 66.5 Å². The third kappa shape index (κ3) is 4.49. The number of nitrogens with zero attached hydrogens (tertiary/aromatic N) is 1. The van der Waals surface area contributed by atoms with Crippen LogP contribution in [0.5, 0.6) is 0 Å². The van der Waals surface area contributed by atoms with Crippen molar-refractivity contribution >= 4 is 38.9 Å². The van der Waals surface area contributed by atoms with Gasteiger partial charge in [0.25, 0.3) is 0 Å². The number of rotatable bonds is 5. The summed E-state index contributed by atoms with van der Waals surface area (Å²) in [6.07, 6.45) is 1.08. The number of carbonyl (C=O) groups excluding carboxylic acids is 1. The number of aryl methyl sites for hydroxylation is 1. The maximum Gasteiger partial charge on any atom is 0.247 e. The number of sulfonamides is 1. The molecule has 0 unspecified atom stereocenters. The Morgan fingerprint density at radius 3 is 2.12 bits per heavy atom. The SMILES string of the molecule is Cc1ccc(N([C@@H](C)C(=O)Nc2ccc(Cl)cc2)S(C)(=O)=O)cc1. The minimum atomic E-state index is -3.62. The van der Waals surface area contributed by atoms with Crippen LogP contribution < -0.4 is 9.62 Å². The summed E-state index contributed by atoms with van der Waals surface area (Å²) in [5, 5.41) is 3.25. The number of nitrogens with one attached hydrogen (secondary N) is 1. The van der Waals surface area contributed by atoms with Gasteiger partial charge in [-0.15, -0.1) is 0 Å². The molecule has 0 saturated heterocycles. The second kappa shape index (κ2) is 7.23. The van der Waals surface area contributed by atoms with E-state index in [0.717, 1.165) is 16.1 Å². The Balaban J connectivity index is 2.27. The Kier molecular flexibility index (Phi) is 5.51. The number of halogens is 1. The molecule has 2 rings (SSSR count). The van der Waals surface area contributed by atoms with Crippen molar-refractivity contribution in [3.63, 3.8) is 0 Å². The van der Waals surface area contributed by atoms with Gasteiger partial charge in [0.2, 0.25) is 15.9 Å². The molecule has 0 aliphatic carbocycles. The Morgan fingerprint density at radius 2 is 1.62 bits per heavy atom. The van der Waals surface area contributed by atoms with Crippen molar-refractivity contribution in [1.29, 1.82) is 0 Å². The van der Waals surface area contributed by atoms with E-state index in [4.69, 9.17) is 11.6 Å². The first-order chi connectivity index (χ1) is 11.2. The summed E-state index contributed by atoms with van der Waals surface area (Å²) in [6, 6.07) is 12.7. The van der Waals surface area contributed by atoms with Gasteiger partial charge in [-0.2, -0.15) is 0 Å². The van der Waals surface area contributed by atoms with Crippen LogP contribution in [0.4, 0.5) is 11.4 Å². The first-order valence-corrected chi connectivity index (χ1v) is 9.53. The lowest BCUT2D eigenvalue weighted by Gasteiger charge is -2.28. The number of benzene rings is 2. The standard InChI is InChI=1S/C17H19ClN2O3S/c1-12-4-10-16(11-5-12)20(24(3,22)23)13(2)17(21)19-15-8-6-14(18)7-9-15/h4-11,13H,1-3H3,(H,19,21)/t13-/m0/s1. The summed E-state index contributed by atoms with van der Waals surface area (Å²) < 4.78 is 25.5. The van der Waals surface area contributed by atoms with Crippen LogP contribution in [0, 0.1) is 6.92 Å². The third-order valence-electron chi connectivity index (χ3n) is 3.49. The molecule has 0 radical (unpaired) electrons. The second-order valence-electron chi connectivity index (χ2n) is 5.57. The summed E-state index contributed by atoms with van der Waals surface area (Å²) in [7, 11) is -3.62. The van der Waals surface area contributed by atoms with Crippen LogP contribution in [0.1, 0.15) is 12.5 Å². The van der Waals surface area contributed by atoms with Gasteiger partial charge in [-0.1, -0.05) is 29.3 Å². The first kappa shape index (κ1) is 18.3. The van der Waals surface area contributed by atoms with Crippen molar-refractivity contribution in [2.75, 3.05) is 15.9 Å². The molecule has 2 aromatic carbocycles. The predicted octanol–water partition coefficient (Wildman–Crippen LogP) is 3.44. The highest BCUT2D eigenvalue weighted by Crippen LogP contribution is 2.22. The van der Waals surface area contributed by atoms with Crippen LogP contribution in [0.3, 0.4) is 0 Å². The smallest absolute Gasteiger partial charge is 0.247 e. The van der Waals surface area contributed by atoms with Gasteiger partial charge in [-0.05, 0) is 50.2 Å². The lowest BCUT2D eigenvalue weighted by Crippen LogP contribution is -2.45. The zero-order valence-electron chi connectivity index (χ0n) is 13.7. The van der Waals surface area contributed by atoms with Gasteiger partial charge < -0.3 is 5.32 Å². The van der Waals surface area contributed by atoms with E-state index in [0.29, 0.717) is 16.4 Å². The molecule has 0 heterocycles. The van der Waals surface area contributed by atoms with Gasteiger partial charge in [0.1, 0.15) is 6.04 Å². The zero-order chi connectivity index (χ0) is 17.9. The van der Waals surface area contributed by atoms with Gasteiger partial charge in [-0.25, -0.2) is 8.42 Å². The van der Waals surface area contributed by atoms with E-state index >= 15 is 0 Å². The van der Waals surface area contributed by atoms with Gasteiger partial charge in [0.05, 0.1) is 11.9 Å². The fourth-order valence-corrected chi connectivity index (χ4v) is 3.58. The lowest BCUT2D eigenvalue weighted by atomic mass is 10.2. The normalized spacial score (nSPS) is 12.5. The van der Waals surface area contributed by atoms with E-state index in [1.165, 1.54) is 0 Å². The number of carbonyl (C=O) groups is 1. The number of amides is 1. The summed E-state index contributed by atoms with van der Waals surface area (Å²) in [4.78, 5) is 12.5. The molecular formula is C17H19ClN2O3S. The minimum Gasteiger partial charge on any atom is -0.324 e. The van der Waals surface area contributed by atoms with E-state index < -0.39 is 22.0 Å². The second-order valence-corrected chi connectivity index (χ2v) is 7.86. The molecule has 7 heteroatoms. The summed E-state index contributed by atoms with van der Waals surface area (Å²) in [6.45, 7) is 3.46. The molecule has 0 spiro atoms. The largest absolute Gasteiger partial charge is 0.324 e. The molecule has 0 saturated carbocycles. The van der Waals surface area contributed by atoms with Crippen molar-refractivity contribution in [2.24, 2.45) is 0 Å². The summed E-state index contributed by atoms with van der Waals surface area (Å²) in [5.74, 6) is -0.427. The van der Waals surface area contributed by atoms with E-state index in [1.54, 1.807) is 55.5 Å². The molecule has 24 heavy (non-hydrogen) atoms. The molecule has 0 aliphatic rings. The molecule has 5 nitrogen and oxygen atoms in total. The molecule has 0 aliphatic heterocycles. The molecule has 1 N–H and O–H groups in total. The Hall–Kier alpha value is -2.05. The monoisotopic (exact) mass is 366 g/mol. The number of anilines is 2. The fourth-order valence-electron chi connectivity index (χ4n) is 2.28. The van der Waals surface area contributed by atoms with Crippen molar-refractivity contribution in [3.8, 4) is 0 Å². The van der Waals surface area contributed by atoms with Crippen LogP contribution in [0.25, 0.3) is 0 Å². The Labute approximate surface area is 147 Å². The molecule has 0 aromatic heterocycles. The highest BCUT2D eigenvalue weighted by Gasteiger charge is 2.29. The maximum absolute atomic E-state index is 12.5. The summed E-state index contributed by atoms with van der Waals surface area (Å²) >= 11 is 5.81. The zero-order valence-corrected chi connectivity index (χ0v) is 15.2. The van der Waals surface area contributed by atoms with Crippen LogP contribution in [0.15, 0.2) is 48.5 Å². The van der Waals surface area contributed by atoms with Gasteiger partial charge in [-0.3, -0.25) is 9.10 Å². The van der Waals surface area contributed by atoms with Crippen molar-refractivity contribution in [1.82, 2.24) is 0 Å². The molecule has 1 amide bonds. The third-order valence-corrected chi connectivity index (χ3v) is 4.98. The number of hydrogen-bond acceptors (Lipinski definition) is 3. The first-order valence-electron chi connectivity index (χ1n) is 7.31. The molecule has 2 aromatic rings. The Morgan fingerprint density at radius 1 is 1.08 bits per heavy atom.